The topological polar surface area (TPSA) is 75.6 Å². The first-order valence-corrected chi connectivity index (χ1v) is 10.4. The number of fused-ring (bicyclic) bond motifs is 3. The highest BCUT2D eigenvalue weighted by Gasteiger charge is 2.22. The summed E-state index contributed by atoms with van der Waals surface area (Å²) in [5.74, 6) is 1.68. The van der Waals surface area contributed by atoms with E-state index in [0.29, 0.717) is 44.0 Å². The summed E-state index contributed by atoms with van der Waals surface area (Å²) in [7, 11) is 1.85. The largest absolute Gasteiger partial charge is 0.323 e. The Morgan fingerprint density at radius 2 is 1.76 bits per heavy atom. The van der Waals surface area contributed by atoms with Crippen LogP contribution in [0.2, 0.25) is 10.0 Å². The van der Waals surface area contributed by atoms with Gasteiger partial charge in [-0.1, -0.05) is 42.1 Å². The van der Waals surface area contributed by atoms with Gasteiger partial charge in [0.15, 0.2) is 0 Å². The predicted molar refractivity (Wildman–Crippen MR) is 118 cm³/mol. The third kappa shape index (κ3) is 3.07. The molecule has 0 amide bonds. The first-order chi connectivity index (χ1) is 14.0. The normalized spacial score (nSPS) is 14.9. The lowest BCUT2D eigenvalue weighted by Gasteiger charge is -2.11. The molecular weight excluding hydrogens is 409 g/mol. The molecule has 0 bridgehead atoms. The summed E-state index contributed by atoms with van der Waals surface area (Å²) in [4.78, 5) is 25.4. The van der Waals surface area contributed by atoms with Crippen LogP contribution in [0.3, 0.4) is 0 Å². The molecule has 0 spiro atoms. The van der Waals surface area contributed by atoms with Crippen LogP contribution in [0.5, 0.6) is 0 Å². The van der Waals surface area contributed by atoms with Crippen LogP contribution >= 0.6 is 23.2 Å². The predicted octanol–water partition coefficient (Wildman–Crippen LogP) is 5.52. The van der Waals surface area contributed by atoms with Gasteiger partial charge in [0.2, 0.25) is 5.95 Å². The average molecular weight is 428 g/mol. The number of aryl methyl sites for hydroxylation is 1. The lowest BCUT2D eigenvalue weighted by molar-refractivity contribution is 0.669. The number of aromatic amines is 1. The van der Waals surface area contributed by atoms with E-state index >= 15 is 0 Å². The Bertz CT molecular complexity index is 1280. The summed E-state index contributed by atoms with van der Waals surface area (Å²) in [5.41, 5.74) is 2.56. The molecule has 6 nitrogen and oxygen atoms in total. The molecule has 1 aliphatic rings. The van der Waals surface area contributed by atoms with E-state index in [1.807, 2.05) is 23.7 Å². The average Bonchev–Trinajstić information content (AvgIpc) is 3.33. The van der Waals surface area contributed by atoms with Gasteiger partial charge in [-0.15, -0.1) is 0 Å². The smallest absolute Gasteiger partial charge is 0.260 e. The fraction of sp³-hybridized carbons (Fsp3) is 0.286. The molecule has 2 aromatic heterocycles. The highest BCUT2D eigenvalue weighted by molar-refractivity contribution is 6.39. The van der Waals surface area contributed by atoms with E-state index < -0.39 is 0 Å². The maximum absolute atomic E-state index is 13.0. The Kier molecular flexibility index (Phi) is 4.48. The maximum atomic E-state index is 13.0. The van der Waals surface area contributed by atoms with Gasteiger partial charge in [-0.3, -0.25) is 4.79 Å². The van der Waals surface area contributed by atoms with Crippen LogP contribution in [0, 0.1) is 0 Å². The van der Waals surface area contributed by atoms with Crippen molar-refractivity contribution >= 4 is 56.8 Å². The first-order valence-electron chi connectivity index (χ1n) is 9.63. The fourth-order valence-corrected chi connectivity index (χ4v) is 4.67. The highest BCUT2D eigenvalue weighted by Crippen LogP contribution is 2.35. The SMILES string of the molecule is Cn1c(Nc2c(Cl)cccc2Cl)nc2ccc3nc(C4CCCC4)[nH]c(=O)c3c21. The highest BCUT2D eigenvalue weighted by atomic mass is 35.5. The molecule has 0 radical (unpaired) electrons. The first kappa shape index (κ1) is 18.5. The Balaban J connectivity index is 1.67. The van der Waals surface area contributed by atoms with Gasteiger partial charge >= 0.3 is 0 Å². The van der Waals surface area contributed by atoms with Gasteiger partial charge in [0.1, 0.15) is 5.82 Å². The zero-order valence-electron chi connectivity index (χ0n) is 15.8. The number of anilines is 2. The third-order valence-electron chi connectivity index (χ3n) is 5.67. The van der Waals surface area contributed by atoms with Crippen molar-refractivity contribution in [3.8, 4) is 0 Å². The zero-order valence-corrected chi connectivity index (χ0v) is 17.3. The lowest BCUT2D eigenvalue weighted by Crippen LogP contribution is -2.15. The number of halogens is 2. The molecule has 1 saturated carbocycles. The van der Waals surface area contributed by atoms with E-state index in [-0.39, 0.29) is 5.56 Å². The molecule has 4 aromatic rings. The second-order valence-corrected chi connectivity index (χ2v) is 8.29. The number of H-pyrrole nitrogens is 1. The van der Waals surface area contributed by atoms with Gasteiger partial charge in [0.25, 0.3) is 5.56 Å². The Hall–Kier alpha value is -2.57. The van der Waals surface area contributed by atoms with Gasteiger partial charge in [-0.25, -0.2) is 9.97 Å². The van der Waals surface area contributed by atoms with Crippen molar-refractivity contribution in [1.82, 2.24) is 19.5 Å². The van der Waals surface area contributed by atoms with Crippen molar-refractivity contribution < 1.29 is 0 Å². The molecule has 148 valence electrons. The number of para-hydroxylation sites is 1. The number of benzene rings is 2. The minimum atomic E-state index is -0.132. The monoisotopic (exact) mass is 427 g/mol. The van der Waals surface area contributed by atoms with Crippen molar-refractivity contribution in [2.75, 3.05) is 5.32 Å². The van der Waals surface area contributed by atoms with Gasteiger partial charge in [0.05, 0.1) is 37.7 Å². The minimum Gasteiger partial charge on any atom is -0.323 e. The summed E-state index contributed by atoms with van der Waals surface area (Å²) in [5, 5.41) is 4.72. The van der Waals surface area contributed by atoms with E-state index in [4.69, 9.17) is 28.2 Å². The van der Waals surface area contributed by atoms with Crippen LogP contribution in [-0.4, -0.2) is 19.5 Å². The fourth-order valence-electron chi connectivity index (χ4n) is 4.18. The zero-order chi connectivity index (χ0) is 20.1. The van der Waals surface area contributed by atoms with Crippen molar-refractivity contribution in [2.45, 2.75) is 31.6 Å². The Morgan fingerprint density at radius 3 is 2.48 bits per heavy atom. The van der Waals surface area contributed by atoms with Crippen molar-refractivity contribution in [2.24, 2.45) is 7.05 Å². The van der Waals surface area contributed by atoms with Gasteiger partial charge < -0.3 is 14.9 Å². The maximum Gasteiger partial charge on any atom is 0.260 e. The van der Waals surface area contributed by atoms with E-state index in [1.165, 1.54) is 12.8 Å². The molecule has 29 heavy (non-hydrogen) atoms. The number of rotatable bonds is 3. The van der Waals surface area contributed by atoms with E-state index in [1.54, 1.807) is 18.2 Å². The molecule has 2 heterocycles. The summed E-state index contributed by atoms with van der Waals surface area (Å²) in [6.07, 6.45) is 4.53. The Morgan fingerprint density at radius 1 is 1.07 bits per heavy atom. The minimum absolute atomic E-state index is 0.132. The van der Waals surface area contributed by atoms with Gasteiger partial charge in [-0.05, 0) is 37.1 Å². The lowest BCUT2D eigenvalue weighted by atomic mass is 10.1. The van der Waals surface area contributed by atoms with Crippen molar-refractivity contribution in [3.05, 3.63) is 56.6 Å². The number of aromatic nitrogens is 4. The molecule has 0 aliphatic heterocycles. The standard InChI is InChI=1S/C21H19Cl2N5O/c1-28-18-15(25-21(28)26-17-12(22)7-4-8-13(17)23)10-9-14-16(18)20(29)27-19(24-14)11-5-2-3-6-11/h4,7-11H,2-3,5-6H2,1H3,(H,25,26)(H,24,27,29). The van der Waals surface area contributed by atoms with E-state index in [2.05, 4.69) is 15.3 Å². The molecule has 2 N–H and O–H groups in total. The van der Waals surface area contributed by atoms with Crippen LogP contribution in [0.1, 0.15) is 37.4 Å². The molecule has 1 fully saturated rings. The van der Waals surface area contributed by atoms with Crippen LogP contribution < -0.4 is 10.9 Å². The van der Waals surface area contributed by atoms with Crippen LogP contribution in [0.4, 0.5) is 11.6 Å². The molecule has 8 heteroatoms. The number of hydrogen-bond donors (Lipinski definition) is 2. The molecule has 2 aromatic carbocycles. The number of nitrogens with zero attached hydrogens (tertiary/aromatic N) is 3. The van der Waals surface area contributed by atoms with E-state index in [0.717, 1.165) is 24.2 Å². The molecular formula is C21H19Cl2N5O. The molecule has 0 saturated heterocycles. The van der Waals surface area contributed by atoms with Crippen molar-refractivity contribution in [1.29, 1.82) is 0 Å². The summed E-state index contributed by atoms with van der Waals surface area (Å²) < 4.78 is 1.84. The van der Waals surface area contributed by atoms with Crippen molar-refractivity contribution in [3.63, 3.8) is 0 Å². The number of hydrogen-bond acceptors (Lipinski definition) is 4. The quantitative estimate of drug-likeness (QED) is 0.451. The Labute approximate surface area is 176 Å². The summed E-state index contributed by atoms with van der Waals surface area (Å²) in [6.45, 7) is 0. The molecule has 0 unspecified atom stereocenters. The number of nitrogens with one attached hydrogen (secondary N) is 2. The molecule has 5 rings (SSSR count). The third-order valence-corrected chi connectivity index (χ3v) is 6.30. The van der Waals surface area contributed by atoms with Gasteiger partial charge in [0, 0.05) is 13.0 Å². The summed E-state index contributed by atoms with van der Waals surface area (Å²) in [6, 6.07) is 9.05. The van der Waals surface area contributed by atoms with Gasteiger partial charge in [-0.2, -0.15) is 0 Å². The molecule has 1 aliphatic carbocycles. The van der Waals surface area contributed by atoms with Crippen LogP contribution in [0.25, 0.3) is 21.9 Å². The second-order valence-electron chi connectivity index (χ2n) is 7.48. The van der Waals surface area contributed by atoms with E-state index in [9.17, 15) is 4.79 Å². The van der Waals surface area contributed by atoms with Crippen LogP contribution in [0.15, 0.2) is 35.1 Å². The number of imidazole rings is 1. The van der Waals surface area contributed by atoms with Crippen LogP contribution in [-0.2, 0) is 7.05 Å². The second kappa shape index (κ2) is 7.04. The summed E-state index contributed by atoms with van der Waals surface area (Å²) >= 11 is 12.6. The molecule has 0 atom stereocenters.